The maximum Gasteiger partial charge on any atom is 0.314 e. The molecule has 0 fully saturated rings. The average Bonchev–Trinajstić information content (AvgIpc) is 3.49. The van der Waals surface area contributed by atoms with Gasteiger partial charge in [-0.05, 0) is 57.2 Å². The summed E-state index contributed by atoms with van der Waals surface area (Å²) in [4.78, 5) is 29.1. The van der Waals surface area contributed by atoms with Crippen LogP contribution in [0.25, 0.3) is 22.2 Å². The van der Waals surface area contributed by atoms with Gasteiger partial charge in [0, 0.05) is 46.4 Å². The van der Waals surface area contributed by atoms with Crippen LogP contribution < -0.4 is 11.5 Å². The number of rotatable bonds is 2. The van der Waals surface area contributed by atoms with Crippen molar-refractivity contribution in [1.82, 2.24) is 9.97 Å². The first-order valence-electron chi connectivity index (χ1n) is 14.9. The van der Waals surface area contributed by atoms with Crippen molar-refractivity contribution < 1.29 is 44.2 Å². The Morgan fingerprint density at radius 3 is 1.41 bits per heavy atom. The zero-order valence-corrected chi connectivity index (χ0v) is 31.7. The van der Waals surface area contributed by atoms with Crippen LogP contribution >= 0.6 is 0 Å². The second-order valence-corrected chi connectivity index (χ2v) is 14.4. The van der Waals surface area contributed by atoms with Gasteiger partial charge in [0.15, 0.2) is 17.4 Å². The quantitative estimate of drug-likeness (QED) is 0.0385. The van der Waals surface area contributed by atoms with Crippen LogP contribution in [-0.4, -0.2) is 24.9 Å². The minimum absolute atomic E-state index is 0. The SMILES string of the molecule is CC(C)(C)c1cc(N)c(O)c([N+](=O)[O-])c1.Cc1nc2cc(C(C)(C)C)cc(N)c2o1.Cc1nc2cc(C(C)(C)C)cc([N+](=O)[O-])c2o1.[CH3-].[Pd]. The summed E-state index contributed by atoms with van der Waals surface area (Å²) in [7, 11) is 0. The molecule has 0 atom stereocenters. The molecule has 270 valence electrons. The van der Waals surface area contributed by atoms with Crippen LogP contribution in [0.5, 0.6) is 5.75 Å². The number of hydrogen-bond acceptors (Lipinski definition) is 11. The minimum Gasteiger partial charge on any atom is -0.501 e. The van der Waals surface area contributed by atoms with Crippen molar-refractivity contribution in [1.29, 1.82) is 0 Å². The first-order valence-corrected chi connectivity index (χ1v) is 14.9. The summed E-state index contributed by atoms with van der Waals surface area (Å²) in [5, 5.41) is 31.1. The molecule has 49 heavy (non-hydrogen) atoms. The molecule has 0 amide bonds. The number of non-ortho nitro benzene ring substituents is 1. The Labute approximate surface area is 300 Å². The summed E-state index contributed by atoms with van der Waals surface area (Å²) >= 11 is 0. The fraction of sp³-hybridized carbons (Fsp3) is 0.400. The molecule has 5 aromatic rings. The van der Waals surface area contributed by atoms with Crippen LogP contribution in [0.4, 0.5) is 22.7 Å². The molecule has 14 heteroatoms. The summed E-state index contributed by atoms with van der Waals surface area (Å²) < 4.78 is 10.7. The first kappa shape index (κ1) is 42.5. The van der Waals surface area contributed by atoms with E-state index in [1.54, 1.807) is 19.1 Å². The summed E-state index contributed by atoms with van der Waals surface area (Å²) in [5.41, 5.74) is 16.6. The van der Waals surface area contributed by atoms with Gasteiger partial charge in [-0.25, -0.2) is 9.97 Å². The molecule has 0 unspecified atom stereocenters. The second-order valence-electron chi connectivity index (χ2n) is 14.4. The van der Waals surface area contributed by atoms with Crippen LogP contribution in [-0.2, 0) is 36.7 Å². The third-order valence-corrected chi connectivity index (χ3v) is 7.31. The Morgan fingerprint density at radius 2 is 0.980 bits per heavy atom. The number of anilines is 2. The third kappa shape index (κ3) is 10.2. The standard InChI is InChI=1S/C12H14N2O3.C12H16N2O.C10H14N2O3.CH3.Pd/c1-7-13-9-5-8(12(2,3)4)6-10(14(15)16)11(9)17-7;1-7-14-10-6-8(12(2,3)4)5-9(13)11(10)15-7;1-10(2,3)6-4-7(11)9(13)8(5-6)12(14)15;;/h5-6H,1-4H3;5-6H,13H2,1-4H3;4-5,13H,11H2,1-3H3;1H3;/q;;;-1;. The summed E-state index contributed by atoms with van der Waals surface area (Å²) in [5.74, 6) is 0.630. The van der Waals surface area contributed by atoms with Gasteiger partial charge in [0.2, 0.25) is 11.3 Å². The van der Waals surface area contributed by atoms with Crippen LogP contribution in [0, 0.1) is 41.5 Å². The zero-order chi connectivity index (χ0) is 35.8. The fourth-order valence-corrected chi connectivity index (χ4v) is 4.51. The van der Waals surface area contributed by atoms with Crippen LogP contribution in [0.1, 0.15) is 90.8 Å². The minimum atomic E-state index is -0.638. The maximum atomic E-state index is 11.0. The Morgan fingerprint density at radius 1 is 0.633 bits per heavy atom. The van der Waals surface area contributed by atoms with Crippen molar-refractivity contribution in [2.75, 3.05) is 11.5 Å². The Kier molecular flexibility index (Phi) is 13.3. The molecule has 0 saturated heterocycles. The number of benzene rings is 3. The molecule has 2 aromatic heterocycles. The smallest absolute Gasteiger partial charge is 0.314 e. The van der Waals surface area contributed by atoms with E-state index in [1.807, 2.05) is 66.7 Å². The number of nitrogens with zero attached hydrogens (tertiary/aromatic N) is 4. The number of oxazole rings is 2. The van der Waals surface area contributed by atoms with E-state index in [1.165, 1.54) is 11.6 Å². The maximum absolute atomic E-state index is 11.0. The number of fused-ring (bicyclic) bond motifs is 2. The molecule has 5 N–H and O–H groups in total. The number of aryl methyl sites for hydroxylation is 2. The van der Waals surface area contributed by atoms with Gasteiger partial charge < -0.3 is 32.8 Å². The van der Waals surface area contributed by atoms with E-state index in [2.05, 4.69) is 30.7 Å². The molecule has 3 aromatic carbocycles. The van der Waals surface area contributed by atoms with E-state index in [0.717, 1.165) is 16.6 Å². The monoisotopic (exact) mass is 769 g/mol. The van der Waals surface area contributed by atoms with Crippen LogP contribution in [0.3, 0.4) is 0 Å². The van der Waals surface area contributed by atoms with Crippen LogP contribution in [0.2, 0.25) is 0 Å². The Balaban J connectivity index is 0.000000361. The molecule has 13 nitrogen and oxygen atoms in total. The summed E-state index contributed by atoms with van der Waals surface area (Å²) in [6.07, 6.45) is 0. The predicted octanol–water partition coefficient (Wildman–Crippen LogP) is 8.99. The van der Waals surface area contributed by atoms with Crippen molar-refractivity contribution in [3.8, 4) is 5.75 Å². The second kappa shape index (κ2) is 15.3. The van der Waals surface area contributed by atoms with Gasteiger partial charge in [0.1, 0.15) is 11.0 Å². The van der Waals surface area contributed by atoms with Gasteiger partial charge in [-0.2, -0.15) is 0 Å². The van der Waals surface area contributed by atoms with Crippen molar-refractivity contribution in [2.45, 2.75) is 92.4 Å². The van der Waals surface area contributed by atoms with Crippen molar-refractivity contribution in [3.05, 3.63) is 92.5 Å². The largest absolute Gasteiger partial charge is 0.501 e. The molecule has 0 saturated carbocycles. The van der Waals surface area contributed by atoms with Gasteiger partial charge in [-0.15, -0.1) is 0 Å². The number of nitrogens with two attached hydrogens (primary N) is 2. The fourth-order valence-electron chi connectivity index (χ4n) is 4.51. The number of phenols is 1. The van der Waals surface area contributed by atoms with Gasteiger partial charge in [0.05, 0.1) is 21.2 Å². The number of aromatic hydroxyl groups is 1. The summed E-state index contributed by atoms with van der Waals surface area (Å²) in [6, 6.07) is 10.3. The van der Waals surface area contributed by atoms with E-state index in [0.29, 0.717) is 28.6 Å². The Bertz CT molecular complexity index is 1960. The van der Waals surface area contributed by atoms with E-state index in [-0.39, 0.29) is 66.7 Å². The van der Waals surface area contributed by atoms with Crippen molar-refractivity contribution >= 4 is 44.9 Å². The number of nitro groups is 2. The van der Waals surface area contributed by atoms with E-state index in [9.17, 15) is 25.3 Å². The zero-order valence-electron chi connectivity index (χ0n) is 30.1. The molecule has 0 aliphatic heterocycles. The van der Waals surface area contributed by atoms with Crippen molar-refractivity contribution in [2.24, 2.45) is 0 Å². The van der Waals surface area contributed by atoms with E-state index < -0.39 is 15.6 Å². The van der Waals surface area contributed by atoms with E-state index in [4.69, 9.17) is 20.3 Å². The molecule has 0 spiro atoms. The molecule has 0 radical (unpaired) electrons. The molecule has 0 aliphatic carbocycles. The third-order valence-electron chi connectivity index (χ3n) is 7.31. The molecule has 0 bridgehead atoms. The first-order chi connectivity index (χ1) is 21.4. The van der Waals surface area contributed by atoms with Gasteiger partial charge in [-0.1, -0.05) is 62.3 Å². The van der Waals surface area contributed by atoms with E-state index >= 15 is 0 Å². The molecule has 5 rings (SSSR count). The molecular weight excluding hydrogens is 723 g/mol. The molecule has 2 heterocycles. The topological polar surface area (TPSA) is 211 Å². The van der Waals surface area contributed by atoms with Gasteiger partial charge in [0.25, 0.3) is 0 Å². The number of nitro benzene ring substituents is 2. The van der Waals surface area contributed by atoms with Gasteiger partial charge >= 0.3 is 11.4 Å². The van der Waals surface area contributed by atoms with Crippen LogP contribution in [0.15, 0.2) is 45.2 Å². The number of hydrogen-bond donors (Lipinski definition) is 3. The number of nitrogen functional groups attached to an aromatic ring is 2. The molecule has 0 aliphatic rings. The van der Waals surface area contributed by atoms with Gasteiger partial charge in [-0.3, -0.25) is 20.2 Å². The summed E-state index contributed by atoms with van der Waals surface area (Å²) in [6.45, 7) is 21.7. The number of aromatic nitrogens is 2. The average molecular weight is 770 g/mol. The van der Waals surface area contributed by atoms with Crippen molar-refractivity contribution in [3.63, 3.8) is 0 Å². The molecular formula is C35H47N6O7Pd-. The predicted molar refractivity (Wildman–Crippen MR) is 190 cm³/mol. The number of phenolic OH excluding ortho intramolecular Hbond substituents is 1. The Hall–Kier alpha value is -4.54. The normalized spacial score (nSPS) is 11.4.